The van der Waals surface area contributed by atoms with Gasteiger partial charge in [-0.1, -0.05) is 76.6 Å². The molecule has 1 fully saturated rings. The van der Waals surface area contributed by atoms with Crippen LogP contribution in [0.1, 0.15) is 92.7 Å². The zero-order valence-electron chi connectivity index (χ0n) is 37.8. The maximum absolute atomic E-state index is 14.3. The molecule has 0 spiro atoms. The summed E-state index contributed by atoms with van der Waals surface area (Å²) in [6.45, 7) is 17.2. The Bertz CT molecular complexity index is 1750. The number of ether oxygens (including phenoxy) is 4. The lowest BCUT2D eigenvalue weighted by molar-refractivity contribution is -0.296. The number of para-hydroxylation sites is 2. The van der Waals surface area contributed by atoms with Crippen molar-refractivity contribution in [3.05, 3.63) is 58.6 Å². The second kappa shape index (κ2) is 22.1. The quantitative estimate of drug-likeness (QED) is 0.0755. The van der Waals surface area contributed by atoms with E-state index in [4.69, 9.17) is 30.5 Å². The number of carbonyl (C=O) groups is 4. The van der Waals surface area contributed by atoms with Crippen molar-refractivity contribution in [2.45, 2.75) is 143 Å². The highest BCUT2D eigenvalue weighted by molar-refractivity contribution is 6.33. The minimum atomic E-state index is -1.97. The average Bonchev–Trinajstić information content (AvgIpc) is 3.16. The number of aliphatic hydroxyl groups is 2. The van der Waals surface area contributed by atoms with Gasteiger partial charge in [-0.25, -0.2) is 0 Å². The first-order chi connectivity index (χ1) is 28.0. The fourth-order valence-electron chi connectivity index (χ4n) is 8.27. The summed E-state index contributed by atoms with van der Waals surface area (Å²) in [7, 11) is 5.54. The Kier molecular flexibility index (Phi) is 18.7. The number of carbonyl (C=O) groups excluding carboxylic acids is 4. The maximum Gasteiger partial charge on any atom is 0.316 e. The molecule has 336 valence electrons. The van der Waals surface area contributed by atoms with Gasteiger partial charge in [0.15, 0.2) is 29.6 Å². The molecule has 1 heterocycles. The number of ketones is 2. The van der Waals surface area contributed by atoms with Crippen LogP contribution < -0.4 is 10.6 Å². The molecule has 11 atom stereocenters. The van der Waals surface area contributed by atoms with Gasteiger partial charge in [0.05, 0.1) is 41.0 Å². The Balaban J connectivity index is 1.97. The van der Waals surface area contributed by atoms with Gasteiger partial charge in [-0.05, 0) is 111 Å². The number of likely N-dealkylation sites (N-methyl/N-ethyl adjacent to an activating group) is 1. The molecule has 60 heavy (non-hydrogen) atoms. The van der Waals surface area contributed by atoms with E-state index >= 15 is 0 Å². The fourth-order valence-corrected chi connectivity index (χ4v) is 8.54. The minimum Gasteiger partial charge on any atom is -0.458 e. The topological polar surface area (TPSA) is 173 Å². The summed E-state index contributed by atoms with van der Waals surface area (Å²) in [5, 5.41) is 30.4. The zero-order valence-corrected chi connectivity index (χ0v) is 38.6. The van der Waals surface area contributed by atoms with Gasteiger partial charge in [-0.2, -0.15) is 0 Å². The SMILES string of the molecule is CC[C@@H](OC(=O)[C@H](C)C(=O)[C@H](C)[C@@H](O[C@@H]1O[C@H](C)C[C@H](N(C)C)[C@H]1OC(=O)Cc1ccccc1Nc1c(C)cccc1Cl)[C@](C)(O)C[C@@H](C)CNC)[C@@](C)(O)C(=O)C(C)C. The Morgan fingerprint density at radius 1 is 1.02 bits per heavy atom. The number of aryl methyl sites for hydroxylation is 1. The maximum atomic E-state index is 14.3. The van der Waals surface area contributed by atoms with E-state index in [9.17, 15) is 29.4 Å². The molecule has 0 unspecified atom stereocenters. The summed E-state index contributed by atoms with van der Waals surface area (Å²) in [6, 6.07) is 12.6. The third kappa shape index (κ3) is 13.0. The van der Waals surface area contributed by atoms with Gasteiger partial charge in [0.1, 0.15) is 12.0 Å². The van der Waals surface area contributed by atoms with Crippen LogP contribution in [0, 0.1) is 30.6 Å². The first-order valence-corrected chi connectivity index (χ1v) is 21.5. The molecule has 14 heteroatoms. The molecular weight excluding hydrogens is 790 g/mol. The summed E-state index contributed by atoms with van der Waals surface area (Å²) < 4.78 is 25.0. The Morgan fingerprint density at radius 3 is 2.25 bits per heavy atom. The Morgan fingerprint density at radius 2 is 1.67 bits per heavy atom. The third-order valence-corrected chi connectivity index (χ3v) is 11.8. The lowest BCUT2D eigenvalue weighted by Gasteiger charge is -2.46. The van der Waals surface area contributed by atoms with E-state index in [2.05, 4.69) is 10.6 Å². The molecular formula is C46H70ClN3O10. The minimum absolute atomic E-state index is 0.0654. The van der Waals surface area contributed by atoms with E-state index in [0.29, 0.717) is 29.2 Å². The highest BCUT2D eigenvalue weighted by atomic mass is 35.5. The number of rotatable bonds is 22. The van der Waals surface area contributed by atoms with Gasteiger partial charge in [0.2, 0.25) is 0 Å². The molecule has 4 N–H and O–H groups in total. The van der Waals surface area contributed by atoms with E-state index in [-0.39, 0.29) is 37.3 Å². The number of halogens is 1. The molecule has 2 aromatic rings. The van der Waals surface area contributed by atoms with Crippen LogP contribution >= 0.6 is 11.6 Å². The molecule has 1 saturated heterocycles. The molecule has 0 aromatic heterocycles. The van der Waals surface area contributed by atoms with Crippen molar-refractivity contribution in [1.82, 2.24) is 10.2 Å². The lowest BCUT2D eigenvalue weighted by atomic mass is 9.78. The number of nitrogens with one attached hydrogen (secondary N) is 2. The van der Waals surface area contributed by atoms with Gasteiger partial charge in [0.25, 0.3) is 0 Å². The van der Waals surface area contributed by atoms with Gasteiger partial charge < -0.3 is 44.7 Å². The second-order valence-corrected chi connectivity index (χ2v) is 18.0. The molecule has 0 amide bonds. The highest BCUT2D eigenvalue weighted by Gasteiger charge is 2.50. The van der Waals surface area contributed by atoms with Crippen LogP contribution in [0.15, 0.2) is 42.5 Å². The Labute approximate surface area is 362 Å². The first-order valence-electron chi connectivity index (χ1n) is 21.1. The molecule has 1 aliphatic heterocycles. The van der Waals surface area contributed by atoms with Crippen LogP contribution in [-0.4, -0.2) is 114 Å². The van der Waals surface area contributed by atoms with Crippen LogP contribution in [-0.2, 0) is 44.5 Å². The zero-order chi connectivity index (χ0) is 45.3. The van der Waals surface area contributed by atoms with E-state index in [0.717, 1.165) is 11.3 Å². The first kappa shape index (κ1) is 50.9. The van der Waals surface area contributed by atoms with Crippen LogP contribution in [0.4, 0.5) is 11.4 Å². The summed E-state index contributed by atoms with van der Waals surface area (Å²) in [5.41, 5.74) is -0.606. The molecule has 3 rings (SSSR count). The van der Waals surface area contributed by atoms with Crippen molar-refractivity contribution in [3.8, 4) is 0 Å². The highest BCUT2D eigenvalue weighted by Crippen LogP contribution is 2.36. The molecule has 0 bridgehead atoms. The third-order valence-electron chi connectivity index (χ3n) is 11.5. The second-order valence-electron chi connectivity index (χ2n) is 17.6. The fraction of sp³-hybridized carbons (Fsp3) is 0.652. The van der Waals surface area contributed by atoms with Crippen LogP contribution in [0.5, 0.6) is 0 Å². The summed E-state index contributed by atoms with van der Waals surface area (Å²) in [5.74, 6) is -5.59. The van der Waals surface area contributed by atoms with Crippen molar-refractivity contribution in [2.24, 2.45) is 23.7 Å². The molecule has 0 saturated carbocycles. The molecule has 1 aliphatic rings. The van der Waals surface area contributed by atoms with Gasteiger partial charge >= 0.3 is 11.9 Å². The van der Waals surface area contributed by atoms with Crippen LogP contribution in [0.3, 0.4) is 0 Å². The molecule has 0 aliphatic carbocycles. The van der Waals surface area contributed by atoms with E-state index in [1.807, 2.05) is 76.2 Å². The van der Waals surface area contributed by atoms with Crippen molar-refractivity contribution in [3.63, 3.8) is 0 Å². The number of esters is 2. The number of Topliss-reactive ketones (excluding diaryl/α,β-unsaturated/α-hetero) is 2. The van der Waals surface area contributed by atoms with Gasteiger partial charge in [-0.15, -0.1) is 0 Å². The standard InChI is InChI=1S/C46H70ClN3O10/c1-14-36(46(10,56)41(53)26(2)3)58-43(54)31(8)39(52)30(7)42(45(9,55)24-27(4)25-48-11)60-44-40(35(50(12)13)22-29(6)57-44)59-37(51)23-32-19-15-16-21-34(32)49-38-28(5)18-17-20-33(38)47/h15-21,26-27,29-31,35-36,40,42,44,48-49,55-56H,14,22-25H2,1-13H3/t27-,29-,30+,31-,35+,36-,40-,42-,44+,45-,46-/m1/s1. The predicted octanol–water partition coefficient (Wildman–Crippen LogP) is 6.43. The monoisotopic (exact) mass is 859 g/mol. The van der Waals surface area contributed by atoms with Crippen LogP contribution in [0.25, 0.3) is 0 Å². The number of hydrogen-bond donors (Lipinski definition) is 4. The number of benzene rings is 2. The van der Waals surface area contributed by atoms with E-state index < -0.39 is 77.1 Å². The van der Waals surface area contributed by atoms with Crippen molar-refractivity contribution < 1.29 is 48.3 Å². The Hall–Kier alpha value is -3.43. The van der Waals surface area contributed by atoms with Crippen molar-refractivity contribution in [1.29, 1.82) is 0 Å². The molecule has 13 nitrogen and oxygen atoms in total. The summed E-state index contributed by atoms with van der Waals surface area (Å²) >= 11 is 6.52. The van der Waals surface area contributed by atoms with Crippen molar-refractivity contribution >= 4 is 46.5 Å². The summed E-state index contributed by atoms with van der Waals surface area (Å²) in [6.07, 6.45) is -4.29. The summed E-state index contributed by atoms with van der Waals surface area (Å²) in [4.78, 5) is 56.7. The van der Waals surface area contributed by atoms with Crippen LogP contribution in [0.2, 0.25) is 5.02 Å². The largest absolute Gasteiger partial charge is 0.458 e. The number of hydrogen-bond acceptors (Lipinski definition) is 13. The normalized spacial score (nSPS) is 22.8. The number of nitrogens with zero attached hydrogens (tertiary/aromatic N) is 1. The molecule has 0 radical (unpaired) electrons. The van der Waals surface area contributed by atoms with Gasteiger partial charge in [-0.3, -0.25) is 19.2 Å². The number of anilines is 2. The van der Waals surface area contributed by atoms with Gasteiger partial charge in [0, 0.05) is 17.5 Å². The van der Waals surface area contributed by atoms with Crippen molar-refractivity contribution in [2.75, 3.05) is 33.0 Å². The lowest BCUT2D eigenvalue weighted by Crippen LogP contribution is -2.60. The smallest absolute Gasteiger partial charge is 0.316 e. The predicted molar refractivity (Wildman–Crippen MR) is 233 cm³/mol. The molecule has 2 aromatic carbocycles. The average molecular weight is 861 g/mol. The van der Waals surface area contributed by atoms with E-state index in [1.54, 1.807) is 47.7 Å². The van der Waals surface area contributed by atoms with E-state index in [1.165, 1.54) is 13.8 Å².